The number of carbonyl (C=O) groups is 2. The van der Waals surface area contributed by atoms with Gasteiger partial charge in [-0.3, -0.25) is 14.3 Å². The lowest BCUT2D eigenvalue weighted by atomic mass is 9.86. The maximum absolute atomic E-state index is 14.7. The minimum absolute atomic E-state index is 0.0215. The second-order valence-corrected chi connectivity index (χ2v) is 11.0. The molecule has 1 aliphatic heterocycles. The first-order valence-electron chi connectivity index (χ1n) is 11.6. The normalized spacial score (nSPS) is 15.8. The van der Waals surface area contributed by atoms with Crippen molar-refractivity contribution in [2.75, 3.05) is 16.8 Å². The van der Waals surface area contributed by atoms with Crippen LogP contribution in [0.3, 0.4) is 0 Å². The van der Waals surface area contributed by atoms with E-state index in [0.29, 0.717) is 11.3 Å². The molecule has 3 aromatic rings. The summed E-state index contributed by atoms with van der Waals surface area (Å²) in [5.41, 5.74) is 1.51. The fourth-order valence-corrected chi connectivity index (χ4v) is 5.52. The quantitative estimate of drug-likeness (QED) is 0.532. The monoisotopic (exact) mass is 482 g/mol. The van der Waals surface area contributed by atoms with Crippen molar-refractivity contribution in [1.82, 2.24) is 15.1 Å². The van der Waals surface area contributed by atoms with E-state index in [4.69, 9.17) is 0 Å². The summed E-state index contributed by atoms with van der Waals surface area (Å²) in [6.45, 7) is 5.85. The number of nitrogens with one attached hydrogen (secondary N) is 2. The van der Waals surface area contributed by atoms with Crippen LogP contribution in [0.2, 0.25) is 0 Å². The van der Waals surface area contributed by atoms with E-state index in [0.717, 1.165) is 35.3 Å². The topological polar surface area (TPSA) is 76.0 Å². The molecule has 8 heteroatoms. The third kappa shape index (κ3) is 5.60. The number of carbonyl (C=O) groups excluding carboxylic acids is 2. The van der Waals surface area contributed by atoms with Crippen LogP contribution in [-0.2, 0) is 21.5 Å². The first kappa shape index (κ1) is 24.3. The summed E-state index contributed by atoms with van der Waals surface area (Å²) in [4.78, 5) is 26.2. The Kier molecular flexibility index (Phi) is 7.26. The van der Waals surface area contributed by atoms with Crippen LogP contribution in [0.25, 0.3) is 10.9 Å². The van der Waals surface area contributed by atoms with Crippen molar-refractivity contribution in [1.29, 1.82) is 0 Å². The lowest BCUT2D eigenvalue weighted by Gasteiger charge is -2.30. The van der Waals surface area contributed by atoms with Gasteiger partial charge in [0.2, 0.25) is 11.8 Å². The molecule has 0 bridgehead atoms. The van der Waals surface area contributed by atoms with E-state index in [9.17, 15) is 14.0 Å². The van der Waals surface area contributed by atoms with Gasteiger partial charge in [0, 0.05) is 11.1 Å². The molecule has 1 fully saturated rings. The number of aromatic nitrogens is 2. The molecule has 2 amide bonds. The van der Waals surface area contributed by atoms with Gasteiger partial charge in [0.05, 0.1) is 11.7 Å². The second kappa shape index (κ2) is 10.2. The van der Waals surface area contributed by atoms with Crippen molar-refractivity contribution < 1.29 is 14.0 Å². The fraction of sp³-hybridized carbons (Fsp3) is 0.423. The van der Waals surface area contributed by atoms with Gasteiger partial charge < -0.3 is 10.6 Å². The zero-order valence-electron chi connectivity index (χ0n) is 19.8. The van der Waals surface area contributed by atoms with Crippen molar-refractivity contribution in [3.05, 3.63) is 60.0 Å². The van der Waals surface area contributed by atoms with E-state index in [-0.39, 0.29) is 35.5 Å². The van der Waals surface area contributed by atoms with E-state index in [1.54, 1.807) is 23.0 Å². The molecular weight excluding hydrogens is 451 g/mol. The maximum atomic E-state index is 14.7. The Bertz CT molecular complexity index is 1180. The number of para-hydroxylation sites is 1. The van der Waals surface area contributed by atoms with Crippen molar-refractivity contribution in [2.24, 2.45) is 5.92 Å². The van der Waals surface area contributed by atoms with Crippen LogP contribution < -0.4 is 10.6 Å². The fourth-order valence-electron chi connectivity index (χ4n) is 4.37. The predicted molar refractivity (Wildman–Crippen MR) is 135 cm³/mol. The zero-order chi connectivity index (χ0) is 24.3. The number of anilines is 1. The van der Waals surface area contributed by atoms with Crippen LogP contribution in [0, 0.1) is 11.7 Å². The molecule has 6 nitrogen and oxygen atoms in total. The summed E-state index contributed by atoms with van der Waals surface area (Å²) in [5.74, 6) is 0.968. The van der Waals surface area contributed by atoms with E-state index in [2.05, 4.69) is 15.7 Å². The highest BCUT2D eigenvalue weighted by molar-refractivity contribution is 7.99. The Hall–Kier alpha value is -2.87. The maximum Gasteiger partial charge on any atom is 0.247 e. The molecule has 0 radical (unpaired) electrons. The van der Waals surface area contributed by atoms with Crippen molar-refractivity contribution in [3.63, 3.8) is 0 Å². The molecule has 1 unspecified atom stereocenters. The summed E-state index contributed by atoms with van der Waals surface area (Å²) >= 11 is 1.85. The second-order valence-electron chi connectivity index (χ2n) is 9.79. The number of nitrogens with zero attached hydrogens (tertiary/aromatic N) is 2. The number of benzene rings is 2. The highest BCUT2D eigenvalue weighted by Gasteiger charge is 2.31. The van der Waals surface area contributed by atoms with Crippen LogP contribution in [0.4, 0.5) is 10.1 Å². The van der Waals surface area contributed by atoms with Crippen molar-refractivity contribution in [3.8, 4) is 0 Å². The minimum atomic E-state index is -0.694. The Morgan fingerprint density at radius 1 is 1.18 bits per heavy atom. The molecule has 2 heterocycles. The van der Waals surface area contributed by atoms with E-state index >= 15 is 0 Å². The lowest BCUT2D eigenvalue weighted by Crippen LogP contribution is -2.50. The molecule has 0 spiro atoms. The number of halogens is 1. The van der Waals surface area contributed by atoms with E-state index in [1.165, 1.54) is 6.07 Å². The molecule has 0 saturated carbocycles. The number of rotatable bonds is 6. The van der Waals surface area contributed by atoms with E-state index < -0.39 is 6.04 Å². The third-order valence-electron chi connectivity index (χ3n) is 6.23. The number of fused-ring (bicyclic) bond motifs is 1. The predicted octanol–water partition coefficient (Wildman–Crippen LogP) is 4.74. The van der Waals surface area contributed by atoms with Crippen LogP contribution in [0.15, 0.2) is 48.7 Å². The van der Waals surface area contributed by atoms with Gasteiger partial charge in [0.15, 0.2) is 0 Å². The van der Waals surface area contributed by atoms with Gasteiger partial charge in [0.1, 0.15) is 18.4 Å². The molecule has 2 N–H and O–H groups in total. The molecule has 1 aliphatic rings. The number of thioether (sulfide) groups is 1. The average Bonchev–Trinajstić information content (AvgIpc) is 3.20. The first-order valence-corrected chi connectivity index (χ1v) is 12.8. The largest absolute Gasteiger partial charge is 0.342 e. The molecule has 34 heavy (non-hydrogen) atoms. The molecule has 4 rings (SSSR count). The Labute approximate surface area is 203 Å². The average molecular weight is 483 g/mol. The number of amides is 2. The van der Waals surface area contributed by atoms with E-state index in [1.807, 2.05) is 56.8 Å². The van der Waals surface area contributed by atoms with Crippen LogP contribution in [-0.4, -0.2) is 39.1 Å². The molecule has 1 atom stereocenters. The highest BCUT2D eigenvalue weighted by atomic mass is 32.2. The van der Waals surface area contributed by atoms with Crippen LogP contribution in [0.5, 0.6) is 0 Å². The smallest absolute Gasteiger partial charge is 0.247 e. The molecule has 1 aromatic heterocycles. The lowest BCUT2D eigenvalue weighted by molar-refractivity contribution is -0.128. The van der Waals surface area contributed by atoms with Gasteiger partial charge >= 0.3 is 0 Å². The molecular formula is C26H31FN4O2S. The molecule has 2 aromatic carbocycles. The molecule has 0 aliphatic carbocycles. The van der Waals surface area contributed by atoms with Crippen LogP contribution in [0.1, 0.15) is 39.2 Å². The van der Waals surface area contributed by atoms with Gasteiger partial charge in [0.25, 0.3) is 0 Å². The number of hydrogen-bond acceptors (Lipinski definition) is 4. The zero-order valence-corrected chi connectivity index (χ0v) is 20.6. The molecule has 180 valence electrons. The van der Waals surface area contributed by atoms with Crippen LogP contribution >= 0.6 is 11.8 Å². The van der Waals surface area contributed by atoms with Crippen molar-refractivity contribution >= 4 is 40.2 Å². The van der Waals surface area contributed by atoms with Crippen molar-refractivity contribution in [2.45, 2.75) is 51.6 Å². The van der Waals surface area contributed by atoms with Gasteiger partial charge in [-0.05, 0) is 59.4 Å². The number of hydrogen-bond donors (Lipinski definition) is 2. The Morgan fingerprint density at radius 2 is 1.91 bits per heavy atom. The van der Waals surface area contributed by atoms with Gasteiger partial charge in [-0.2, -0.15) is 16.9 Å². The Balaban J connectivity index is 1.49. The summed E-state index contributed by atoms with van der Waals surface area (Å²) in [7, 11) is 0. The highest BCUT2D eigenvalue weighted by Crippen LogP contribution is 2.29. The first-order chi connectivity index (χ1) is 16.2. The summed E-state index contributed by atoms with van der Waals surface area (Å²) in [6.07, 6.45) is 3.40. The van der Waals surface area contributed by atoms with Gasteiger partial charge in [-0.15, -0.1) is 0 Å². The van der Waals surface area contributed by atoms with Gasteiger partial charge in [-0.25, -0.2) is 4.39 Å². The summed E-state index contributed by atoms with van der Waals surface area (Å²) in [6, 6.07) is 11.8. The molecule has 1 saturated heterocycles. The Morgan fingerprint density at radius 3 is 2.62 bits per heavy atom. The minimum Gasteiger partial charge on any atom is -0.342 e. The third-order valence-corrected chi connectivity index (χ3v) is 7.27. The standard InChI is InChI=1S/C26H31FN4O2S/c1-26(2,3)20-9-8-19(14-21(20)27)29-25(33)24(17-10-12-34-13-11-17)30-23(32)16-31-22-7-5-4-6-18(22)15-28-31/h4-9,14-15,17,24H,10-13,16H2,1-3H3,(H,29,33)(H,30,32). The summed E-state index contributed by atoms with van der Waals surface area (Å²) < 4.78 is 16.3. The summed E-state index contributed by atoms with van der Waals surface area (Å²) in [5, 5.41) is 11.0. The SMILES string of the molecule is CC(C)(C)c1ccc(NC(=O)C(NC(=O)Cn2ncc3ccccc32)C2CCSCC2)cc1F. The van der Waals surface area contributed by atoms with Gasteiger partial charge in [-0.1, -0.05) is 45.0 Å².